The lowest BCUT2D eigenvalue weighted by Crippen LogP contribution is -2.48. The lowest BCUT2D eigenvalue weighted by molar-refractivity contribution is 0.0950. The van der Waals surface area contributed by atoms with Gasteiger partial charge in [-0.1, -0.05) is 54.1 Å². The summed E-state index contributed by atoms with van der Waals surface area (Å²) in [6.07, 6.45) is 0. The average Bonchev–Trinajstić information content (AvgIpc) is 2.84. The van der Waals surface area contributed by atoms with Crippen LogP contribution in [-0.2, 0) is 23.1 Å². The summed E-state index contributed by atoms with van der Waals surface area (Å²) in [4.78, 5) is 15.1. The Morgan fingerprint density at radius 2 is 1.55 bits per heavy atom. The van der Waals surface area contributed by atoms with Crippen LogP contribution in [0.2, 0.25) is 5.02 Å². The molecule has 1 aliphatic heterocycles. The quantitative estimate of drug-likeness (QED) is 0.555. The topological polar surface area (TPSA) is 69.7 Å². The minimum atomic E-state index is -3.46. The Morgan fingerprint density at radius 1 is 0.848 bits per heavy atom. The van der Waals surface area contributed by atoms with E-state index in [1.807, 2.05) is 36.4 Å². The zero-order chi connectivity index (χ0) is 23.3. The van der Waals surface area contributed by atoms with Crippen molar-refractivity contribution in [2.75, 3.05) is 26.2 Å². The van der Waals surface area contributed by atoms with Crippen LogP contribution >= 0.6 is 11.6 Å². The van der Waals surface area contributed by atoms with Gasteiger partial charge in [-0.25, -0.2) is 8.42 Å². The molecule has 0 spiro atoms. The Balaban J connectivity index is 1.31. The van der Waals surface area contributed by atoms with Crippen LogP contribution in [0.4, 0.5) is 0 Å². The van der Waals surface area contributed by atoms with Crippen LogP contribution in [0.15, 0.2) is 83.8 Å². The summed E-state index contributed by atoms with van der Waals surface area (Å²) in [7, 11) is -3.46. The summed E-state index contributed by atoms with van der Waals surface area (Å²) in [6.45, 7) is 3.25. The maximum Gasteiger partial charge on any atom is 0.251 e. The zero-order valence-corrected chi connectivity index (χ0v) is 19.7. The molecule has 1 N–H and O–H groups in total. The normalized spacial score (nSPS) is 15.3. The molecule has 0 aromatic heterocycles. The number of sulfonamides is 1. The second-order valence-electron chi connectivity index (χ2n) is 8.00. The SMILES string of the molecule is O=C(NCc1ccc(Cl)cc1)c1cccc(CN2CCN(S(=O)(=O)c3ccccc3)CC2)c1. The van der Waals surface area contributed by atoms with E-state index in [4.69, 9.17) is 11.6 Å². The molecule has 0 bridgehead atoms. The monoisotopic (exact) mass is 483 g/mol. The Morgan fingerprint density at radius 3 is 2.24 bits per heavy atom. The summed E-state index contributed by atoms with van der Waals surface area (Å²) >= 11 is 5.90. The zero-order valence-electron chi connectivity index (χ0n) is 18.2. The molecule has 0 unspecified atom stereocenters. The van der Waals surface area contributed by atoms with Crippen LogP contribution < -0.4 is 5.32 Å². The molecule has 3 aromatic carbocycles. The van der Waals surface area contributed by atoms with Crippen molar-refractivity contribution in [3.8, 4) is 0 Å². The molecule has 0 saturated carbocycles. The van der Waals surface area contributed by atoms with Crippen LogP contribution in [0, 0.1) is 0 Å². The molecule has 1 amide bonds. The van der Waals surface area contributed by atoms with Crippen LogP contribution in [0.25, 0.3) is 0 Å². The standard InChI is InChI=1S/C25H26ClN3O3S/c26-23-11-9-20(10-12-23)18-27-25(30)22-6-4-5-21(17-22)19-28-13-15-29(16-14-28)33(31,32)24-7-2-1-3-8-24/h1-12,17H,13-16,18-19H2,(H,27,30). The molecule has 0 atom stereocenters. The van der Waals surface area contributed by atoms with Crippen molar-refractivity contribution in [3.63, 3.8) is 0 Å². The van der Waals surface area contributed by atoms with Crippen LogP contribution in [0.5, 0.6) is 0 Å². The van der Waals surface area contributed by atoms with E-state index in [1.54, 1.807) is 46.8 Å². The average molecular weight is 484 g/mol. The number of hydrogen-bond acceptors (Lipinski definition) is 4. The fourth-order valence-corrected chi connectivity index (χ4v) is 5.39. The second-order valence-corrected chi connectivity index (χ2v) is 10.4. The van der Waals surface area contributed by atoms with Crippen molar-refractivity contribution in [1.29, 1.82) is 0 Å². The molecule has 33 heavy (non-hydrogen) atoms. The Kier molecular flexibility index (Phi) is 7.45. The number of hydrogen-bond donors (Lipinski definition) is 1. The molecule has 1 heterocycles. The van der Waals surface area contributed by atoms with Crippen molar-refractivity contribution in [1.82, 2.24) is 14.5 Å². The number of carbonyl (C=O) groups is 1. The molecule has 8 heteroatoms. The van der Waals surface area contributed by atoms with Gasteiger partial charge in [0.15, 0.2) is 0 Å². The molecule has 1 fully saturated rings. The molecule has 1 saturated heterocycles. The van der Waals surface area contributed by atoms with Gasteiger partial charge in [0, 0.05) is 49.9 Å². The van der Waals surface area contributed by atoms with Gasteiger partial charge in [-0.05, 0) is 47.5 Å². The van der Waals surface area contributed by atoms with Gasteiger partial charge in [-0.15, -0.1) is 0 Å². The van der Waals surface area contributed by atoms with Gasteiger partial charge in [0.1, 0.15) is 0 Å². The molecule has 4 rings (SSSR count). The number of nitrogens with one attached hydrogen (secondary N) is 1. The maximum atomic E-state index is 12.8. The molecule has 0 aliphatic carbocycles. The number of piperazine rings is 1. The largest absolute Gasteiger partial charge is 0.348 e. The molecular weight excluding hydrogens is 458 g/mol. The highest BCUT2D eigenvalue weighted by atomic mass is 35.5. The van der Waals surface area contributed by atoms with Crippen LogP contribution in [0.3, 0.4) is 0 Å². The van der Waals surface area contributed by atoms with E-state index in [0.29, 0.717) is 54.8 Å². The lowest BCUT2D eigenvalue weighted by Gasteiger charge is -2.34. The first-order valence-corrected chi connectivity index (χ1v) is 12.6. The summed E-state index contributed by atoms with van der Waals surface area (Å²) in [5.74, 6) is -0.134. The van der Waals surface area contributed by atoms with Crippen molar-refractivity contribution in [2.24, 2.45) is 0 Å². The maximum absolute atomic E-state index is 12.8. The first-order valence-electron chi connectivity index (χ1n) is 10.8. The Hall–Kier alpha value is -2.71. The highest BCUT2D eigenvalue weighted by molar-refractivity contribution is 7.89. The number of halogens is 1. The number of benzene rings is 3. The van der Waals surface area contributed by atoms with Crippen molar-refractivity contribution < 1.29 is 13.2 Å². The molecule has 6 nitrogen and oxygen atoms in total. The summed E-state index contributed by atoms with van der Waals surface area (Å²) in [5.41, 5.74) is 2.60. The van der Waals surface area contributed by atoms with E-state index < -0.39 is 10.0 Å². The Labute approximate surface area is 199 Å². The van der Waals surface area contributed by atoms with Crippen LogP contribution in [0.1, 0.15) is 21.5 Å². The molecule has 1 aliphatic rings. The number of carbonyl (C=O) groups excluding carboxylic acids is 1. The van der Waals surface area contributed by atoms with Gasteiger partial charge >= 0.3 is 0 Å². The first kappa shape index (κ1) is 23.4. The van der Waals surface area contributed by atoms with E-state index in [0.717, 1.165) is 11.1 Å². The fraction of sp³-hybridized carbons (Fsp3) is 0.240. The number of amides is 1. The lowest BCUT2D eigenvalue weighted by atomic mass is 10.1. The minimum Gasteiger partial charge on any atom is -0.348 e. The number of rotatable bonds is 7. The van der Waals surface area contributed by atoms with Gasteiger partial charge in [0.25, 0.3) is 5.91 Å². The van der Waals surface area contributed by atoms with E-state index in [-0.39, 0.29) is 5.91 Å². The van der Waals surface area contributed by atoms with Crippen molar-refractivity contribution in [2.45, 2.75) is 18.0 Å². The summed E-state index contributed by atoms with van der Waals surface area (Å²) in [5, 5.41) is 3.60. The highest BCUT2D eigenvalue weighted by Crippen LogP contribution is 2.18. The molecule has 3 aromatic rings. The third-order valence-electron chi connectivity index (χ3n) is 5.67. The fourth-order valence-electron chi connectivity index (χ4n) is 3.83. The highest BCUT2D eigenvalue weighted by Gasteiger charge is 2.28. The Bertz CT molecular complexity index is 1190. The third kappa shape index (κ3) is 6.00. The van der Waals surface area contributed by atoms with E-state index in [9.17, 15) is 13.2 Å². The predicted octanol–water partition coefficient (Wildman–Crippen LogP) is 3.78. The van der Waals surface area contributed by atoms with Gasteiger partial charge in [-0.3, -0.25) is 9.69 Å². The molecular formula is C25H26ClN3O3S. The van der Waals surface area contributed by atoms with Gasteiger partial charge in [-0.2, -0.15) is 4.31 Å². The van der Waals surface area contributed by atoms with Gasteiger partial charge in [0.05, 0.1) is 4.90 Å². The summed E-state index contributed by atoms with van der Waals surface area (Å²) in [6, 6.07) is 23.5. The number of nitrogens with zero attached hydrogens (tertiary/aromatic N) is 2. The van der Waals surface area contributed by atoms with Crippen LogP contribution in [-0.4, -0.2) is 49.7 Å². The van der Waals surface area contributed by atoms with Gasteiger partial charge < -0.3 is 5.32 Å². The minimum absolute atomic E-state index is 0.134. The summed E-state index contributed by atoms with van der Waals surface area (Å²) < 4.78 is 27.2. The van der Waals surface area contributed by atoms with Gasteiger partial charge in [0.2, 0.25) is 10.0 Å². The van der Waals surface area contributed by atoms with E-state index in [1.165, 1.54) is 0 Å². The molecule has 172 valence electrons. The van der Waals surface area contributed by atoms with E-state index in [2.05, 4.69) is 10.2 Å². The van der Waals surface area contributed by atoms with E-state index >= 15 is 0 Å². The predicted molar refractivity (Wildman–Crippen MR) is 130 cm³/mol. The van der Waals surface area contributed by atoms with Crippen molar-refractivity contribution >= 4 is 27.5 Å². The third-order valence-corrected chi connectivity index (χ3v) is 7.84. The second kappa shape index (κ2) is 10.5. The molecule has 0 radical (unpaired) electrons. The van der Waals surface area contributed by atoms with Crippen molar-refractivity contribution in [3.05, 3.63) is 101 Å². The smallest absolute Gasteiger partial charge is 0.251 e. The first-order chi connectivity index (χ1) is 15.9.